The standard InChI is InChI=1S/C28H34F2N2O3/c1-2-28(34)35-17-16-31-14-11-20(12-15-31)18-27(33)32-13-3-4-24(21-5-7-22(29)8-6-21)25-10-9-23(30)19-26(25)32/h5-10,19-20,24H,2-4,11-18H2,1H3. The zero-order valence-electron chi connectivity index (χ0n) is 20.3. The zero-order chi connectivity index (χ0) is 24.8. The van der Waals surface area contributed by atoms with Crippen LogP contribution in [0.15, 0.2) is 42.5 Å². The molecule has 0 N–H and O–H groups in total. The summed E-state index contributed by atoms with van der Waals surface area (Å²) in [6, 6.07) is 11.1. The van der Waals surface area contributed by atoms with E-state index < -0.39 is 0 Å². The van der Waals surface area contributed by atoms with Crippen molar-refractivity contribution in [2.75, 3.05) is 37.7 Å². The van der Waals surface area contributed by atoms with Crippen molar-refractivity contribution >= 4 is 17.6 Å². The molecular formula is C28H34F2N2O3. The first-order valence-corrected chi connectivity index (χ1v) is 12.7. The number of carbonyl (C=O) groups excluding carboxylic acids is 2. The summed E-state index contributed by atoms with van der Waals surface area (Å²) < 4.78 is 33.0. The lowest BCUT2D eigenvalue weighted by molar-refractivity contribution is -0.143. The van der Waals surface area contributed by atoms with Gasteiger partial charge >= 0.3 is 5.97 Å². The van der Waals surface area contributed by atoms with Crippen molar-refractivity contribution < 1.29 is 23.1 Å². The number of rotatable bonds is 7. The number of anilines is 1. The minimum absolute atomic E-state index is 0.00551. The van der Waals surface area contributed by atoms with Crippen LogP contribution in [0.25, 0.3) is 0 Å². The van der Waals surface area contributed by atoms with Crippen LogP contribution in [0.2, 0.25) is 0 Å². The van der Waals surface area contributed by atoms with E-state index in [4.69, 9.17) is 4.74 Å². The van der Waals surface area contributed by atoms with Gasteiger partial charge in [0.05, 0.1) is 5.69 Å². The Morgan fingerprint density at radius 3 is 2.40 bits per heavy atom. The Kier molecular flexibility index (Phi) is 8.50. The molecule has 188 valence electrons. The molecule has 1 atom stereocenters. The lowest BCUT2D eigenvalue weighted by atomic mass is 9.87. The summed E-state index contributed by atoms with van der Waals surface area (Å²) in [4.78, 5) is 28.8. The van der Waals surface area contributed by atoms with Gasteiger partial charge in [-0.25, -0.2) is 8.78 Å². The van der Waals surface area contributed by atoms with Crippen LogP contribution >= 0.6 is 0 Å². The fourth-order valence-electron chi connectivity index (χ4n) is 5.24. The van der Waals surface area contributed by atoms with Gasteiger partial charge in [0.2, 0.25) is 5.91 Å². The lowest BCUT2D eigenvalue weighted by Gasteiger charge is -2.33. The maximum Gasteiger partial charge on any atom is 0.305 e. The third-order valence-corrected chi connectivity index (χ3v) is 7.24. The number of ether oxygens (including phenoxy) is 1. The van der Waals surface area contributed by atoms with Crippen LogP contribution in [0.3, 0.4) is 0 Å². The topological polar surface area (TPSA) is 49.9 Å². The lowest BCUT2D eigenvalue weighted by Crippen LogP contribution is -2.39. The molecule has 1 amide bonds. The molecule has 0 bridgehead atoms. The smallest absolute Gasteiger partial charge is 0.305 e. The van der Waals surface area contributed by atoms with E-state index in [1.165, 1.54) is 24.3 Å². The molecular weight excluding hydrogens is 450 g/mol. The predicted octanol–water partition coefficient (Wildman–Crippen LogP) is 5.28. The van der Waals surface area contributed by atoms with E-state index in [0.717, 1.165) is 56.4 Å². The Bertz CT molecular complexity index is 1020. The third kappa shape index (κ3) is 6.45. The van der Waals surface area contributed by atoms with Crippen molar-refractivity contribution in [1.82, 2.24) is 4.90 Å². The Balaban J connectivity index is 1.40. The molecule has 2 heterocycles. The summed E-state index contributed by atoms with van der Waals surface area (Å²) in [7, 11) is 0. The van der Waals surface area contributed by atoms with Gasteiger partial charge < -0.3 is 9.64 Å². The van der Waals surface area contributed by atoms with Gasteiger partial charge in [-0.1, -0.05) is 25.1 Å². The normalized spacial score (nSPS) is 19.2. The first-order valence-electron chi connectivity index (χ1n) is 12.7. The maximum absolute atomic E-state index is 14.3. The van der Waals surface area contributed by atoms with E-state index in [1.54, 1.807) is 30.0 Å². The van der Waals surface area contributed by atoms with Gasteiger partial charge in [0.15, 0.2) is 0 Å². The fourth-order valence-corrected chi connectivity index (χ4v) is 5.24. The number of likely N-dealkylation sites (tertiary alicyclic amines) is 1. The Hall–Kier alpha value is -2.80. The van der Waals surface area contributed by atoms with Crippen LogP contribution in [0, 0.1) is 17.6 Å². The fraction of sp³-hybridized carbons (Fsp3) is 0.500. The van der Waals surface area contributed by atoms with E-state index in [1.807, 2.05) is 0 Å². The summed E-state index contributed by atoms with van der Waals surface area (Å²) in [5.74, 6) is -0.516. The number of benzene rings is 2. The number of fused-ring (bicyclic) bond motifs is 1. The summed E-state index contributed by atoms with van der Waals surface area (Å²) in [6.07, 6.45) is 4.26. The molecule has 2 aliphatic rings. The number of nitrogens with zero attached hydrogens (tertiary/aromatic N) is 2. The first-order chi connectivity index (χ1) is 16.9. The molecule has 0 aliphatic carbocycles. The summed E-state index contributed by atoms with van der Waals surface area (Å²) in [5, 5.41) is 0. The van der Waals surface area contributed by atoms with Gasteiger partial charge in [-0.15, -0.1) is 0 Å². The number of hydrogen-bond acceptors (Lipinski definition) is 4. The summed E-state index contributed by atoms with van der Waals surface area (Å²) >= 11 is 0. The Labute approximate surface area is 206 Å². The van der Waals surface area contributed by atoms with Crippen molar-refractivity contribution in [3.8, 4) is 0 Å². The molecule has 1 saturated heterocycles. The van der Waals surface area contributed by atoms with Gasteiger partial charge in [-0.2, -0.15) is 0 Å². The second-order valence-corrected chi connectivity index (χ2v) is 9.56. The first kappa shape index (κ1) is 25.3. The highest BCUT2D eigenvalue weighted by Gasteiger charge is 2.30. The molecule has 0 spiro atoms. The largest absolute Gasteiger partial charge is 0.464 e. The molecule has 4 rings (SSSR count). The molecule has 1 fully saturated rings. The zero-order valence-corrected chi connectivity index (χ0v) is 20.3. The van der Waals surface area contributed by atoms with E-state index in [-0.39, 0.29) is 35.3 Å². The highest BCUT2D eigenvalue weighted by Crippen LogP contribution is 2.39. The van der Waals surface area contributed by atoms with Gasteiger partial charge in [0.1, 0.15) is 18.2 Å². The van der Waals surface area contributed by atoms with E-state index in [2.05, 4.69) is 4.90 Å². The van der Waals surface area contributed by atoms with Crippen LogP contribution in [0.4, 0.5) is 14.5 Å². The van der Waals surface area contributed by atoms with Crippen molar-refractivity contribution in [3.05, 3.63) is 65.2 Å². The number of carbonyl (C=O) groups is 2. The predicted molar refractivity (Wildman–Crippen MR) is 131 cm³/mol. The number of piperidine rings is 1. The maximum atomic E-state index is 14.3. The van der Waals surface area contributed by atoms with Crippen molar-refractivity contribution in [1.29, 1.82) is 0 Å². The Morgan fingerprint density at radius 1 is 0.971 bits per heavy atom. The van der Waals surface area contributed by atoms with Crippen LogP contribution in [-0.4, -0.2) is 49.6 Å². The minimum Gasteiger partial charge on any atom is -0.464 e. The van der Waals surface area contributed by atoms with Gasteiger partial charge in [-0.3, -0.25) is 14.5 Å². The van der Waals surface area contributed by atoms with Crippen LogP contribution < -0.4 is 4.90 Å². The number of hydrogen-bond donors (Lipinski definition) is 0. The molecule has 0 aromatic heterocycles. The molecule has 0 radical (unpaired) electrons. The van der Waals surface area contributed by atoms with Crippen molar-refractivity contribution in [3.63, 3.8) is 0 Å². The average molecular weight is 485 g/mol. The van der Waals surface area contributed by atoms with E-state index >= 15 is 0 Å². The number of halogens is 2. The van der Waals surface area contributed by atoms with Crippen LogP contribution in [0.5, 0.6) is 0 Å². The second-order valence-electron chi connectivity index (χ2n) is 9.56. The molecule has 1 unspecified atom stereocenters. The Morgan fingerprint density at radius 2 is 1.69 bits per heavy atom. The molecule has 35 heavy (non-hydrogen) atoms. The van der Waals surface area contributed by atoms with Gasteiger partial charge in [-0.05, 0) is 80.1 Å². The summed E-state index contributed by atoms with van der Waals surface area (Å²) in [5.41, 5.74) is 2.53. The van der Waals surface area contributed by atoms with Crippen LogP contribution in [-0.2, 0) is 14.3 Å². The average Bonchev–Trinajstić information content (AvgIpc) is 3.05. The molecule has 7 heteroatoms. The second kappa shape index (κ2) is 11.8. The minimum atomic E-state index is -0.363. The molecule has 5 nitrogen and oxygen atoms in total. The van der Waals surface area contributed by atoms with Crippen molar-refractivity contribution in [2.24, 2.45) is 5.92 Å². The molecule has 2 aromatic rings. The number of esters is 1. The molecule has 2 aromatic carbocycles. The quantitative estimate of drug-likeness (QED) is 0.502. The molecule has 0 saturated carbocycles. The summed E-state index contributed by atoms with van der Waals surface area (Å²) in [6.45, 7) is 5.20. The number of amides is 1. The van der Waals surface area contributed by atoms with Gasteiger partial charge in [0.25, 0.3) is 0 Å². The SMILES string of the molecule is CCC(=O)OCCN1CCC(CC(=O)N2CCCC(c3ccc(F)cc3)c3ccc(F)cc32)CC1. The van der Waals surface area contributed by atoms with E-state index in [9.17, 15) is 18.4 Å². The monoisotopic (exact) mass is 484 g/mol. The highest BCUT2D eigenvalue weighted by molar-refractivity contribution is 5.94. The van der Waals surface area contributed by atoms with Crippen LogP contribution in [0.1, 0.15) is 62.5 Å². The highest BCUT2D eigenvalue weighted by atomic mass is 19.1. The van der Waals surface area contributed by atoms with Crippen molar-refractivity contribution in [2.45, 2.75) is 51.4 Å². The van der Waals surface area contributed by atoms with E-state index in [0.29, 0.717) is 31.7 Å². The molecule has 2 aliphatic heterocycles. The third-order valence-electron chi connectivity index (χ3n) is 7.24. The van der Waals surface area contributed by atoms with Gasteiger partial charge in [0, 0.05) is 31.8 Å².